The smallest absolute Gasteiger partial charge is 0.267 e. The minimum atomic E-state index is -0.243. The normalized spacial score (nSPS) is 15.9. The molecule has 1 saturated heterocycles. The summed E-state index contributed by atoms with van der Waals surface area (Å²) < 4.78 is 1.98. The molecule has 0 spiro atoms. The van der Waals surface area contributed by atoms with E-state index in [1.54, 1.807) is 24.4 Å². The van der Waals surface area contributed by atoms with Crippen LogP contribution in [0.25, 0.3) is 11.7 Å². The summed E-state index contributed by atoms with van der Waals surface area (Å²) in [6.45, 7) is 8.39. The minimum Gasteiger partial charge on any atom is -0.366 e. The van der Waals surface area contributed by atoms with Gasteiger partial charge in [-0.05, 0) is 31.6 Å². The van der Waals surface area contributed by atoms with E-state index in [0.29, 0.717) is 39.3 Å². The molecule has 8 heteroatoms. The number of carbonyl (C=O) groups is 1. The van der Waals surface area contributed by atoms with Crippen LogP contribution >= 0.6 is 24.0 Å². The van der Waals surface area contributed by atoms with Gasteiger partial charge in [0.2, 0.25) is 0 Å². The van der Waals surface area contributed by atoms with Gasteiger partial charge in [-0.15, -0.1) is 6.58 Å². The van der Waals surface area contributed by atoms with E-state index >= 15 is 0 Å². The van der Waals surface area contributed by atoms with Crippen molar-refractivity contribution in [3.8, 4) is 0 Å². The first-order valence-corrected chi connectivity index (χ1v) is 9.32. The maximum absolute atomic E-state index is 13.0. The maximum atomic E-state index is 13.0. The quantitative estimate of drug-likeness (QED) is 0.484. The number of nitrogens with zero attached hydrogens (tertiary/aromatic N) is 3. The Balaban J connectivity index is 2.20. The number of thiocarbonyl (C=S) groups is 1. The van der Waals surface area contributed by atoms with E-state index in [9.17, 15) is 9.59 Å². The molecular weight excluding hydrogens is 368 g/mol. The van der Waals surface area contributed by atoms with Crippen LogP contribution in [0.3, 0.4) is 0 Å². The molecule has 6 nitrogen and oxygen atoms in total. The fourth-order valence-electron chi connectivity index (χ4n) is 2.60. The largest absolute Gasteiger partial charge is 0.366 e. The molecule has 26 heavy (non-hydrogen) atoms. The highest BCUT2D eigenvalue weighted by molar-refractivity contribution is 8.26. The summed E-state index contributed by atoms with van der Waals surface area (Å²) in [6, 6.07) is 3.68. The number of likely N-dealkylation sites (N-methyl/N-ethyl adjacent to an activating group) is 1. The summed E-state index contributed by atoms with van der Waals surface area (Å²) in [5.41, 5.74) is 1.56. The molecule has 0 aliphatic carbocycles. The van der Waals surface area contributed by atoms with E-state index in [1.165, 1.54) is 21.1 Å². The Morgan fingerprint density at radius 2 is 2.15 bits per heavy atom. The molecular formula is C18H18N4O2S2. The number of thioether (sulfide) groups is 1. The van der Waals surface area contributed by atoms with Crippen molar-refractivity contribution in [1.82, 2.24) is 14.3 Å². The zero-order valence-corrected chi connectivity index (χ0v) is 16.1. The van der Waals surface area contributed by atoms with Crippen LogP contribution in [-0.4, -0.2) is 37.6 Å². The molecule has 0 bridgehead atoms. The van der Waals surface area contributed by atoms with Gasteiger partial charge in [-0.2, -0.15) is 0 Å². The van der Waals surface area contributed by atoms with Gasteiger partial charge in [-0.25, -0.2) is 4.98 Å². The number of amides is 1. The number of rotatable bonds is 5. The van der Waals surface area contributed by atoms with Crippen LogP contribution in [0, 0.1) is 6.92 Å². The average Bonchev–Trinajstić information content (AvgIpc) is 2.89. The third kappa shape index (κ3) is 3.30. The van der Waals surface area contributed by atoms with Crippen molar-refractivity contribution >= 4 is 51.7 Å². The maximum Gasteiger partial charge on any atom is 0.267 e. The van der Waals surface area contributed by atoms with Gasteiger partial charge in [0.25, 0.3) is 11.5 Å². The van der Waals surface area contributed by atoms with Gasteiger partial charge in [0.15, 0.2) is 0 Å². The minimum absolute atomic E-state index is 0.189. The average molecular weight is 387 g/mol. The highest BCUT2D eigenvalue weighted by atomic mass is 32.2. The first-order chi connectivity index (χ1) is 12.5. The van der Waals surface area contributed by atoms with E-state index in [-0.39, 0.29) is 11.5 Å². The Bertz CT molecular complexity index is 1010. The molecule has 2 aromatic rings. The lowest BCUT2D eigenvalue weighted by Crippen LogP contribution is -2.27. The van der Waals surface area contributed by atoms with Crippen molar-refractivity contribution in [3.63, 3.8) is 0 Å². The van der Waals surface area contributed by atoms with E-state index in [2.05, 4.69) is 16.9 Å². The second-order valence-corrected chi connectivity index (χ2v) is 7.39. The third-order valence-electron chi connectivity index (χ3n) is 3.88. The highest BCUT2D eigenvalue weighted by Gasteiger charge is 2.31. The van der Waals surface area contributed by atoms with Crippen LogP contribution in [0.5, 0.6) is 0 Å². The summed E-state index contributed by atoms with van der Waals surface area (Å²) >= 11 is 6.44. The number of hydrogen-bond donors (Lipinski definition) is 1. The first kappa shape index (κ1) is 18.3. The van der Waals surface area contributed by atoms with Gasteiger partial charge < -0.3 is 5.32 Å². The van der Waals surface area contributed by atoms with Gasteiger partial charge >= 0.3 is 0 Å². The number of fused-ring (bicyclic) bond motifs is 1. The molecule has 3 heterocycles. The zero-order valence-electron chi connectivity index (χ0n) is 14.5. The number of carbonyl (C=O) groups excluding carboxylic acids is 1. The van der Waals surface area contributed by atoms with E-state index in [0.717, 1.165) is 5.56 Å². The van der Waals surface area contributed by atoms with E-state index in [1.807, 2.05) is 19.9 Å². The molecule has 0 saturated carbocycles. The van der Waals surface area contributed by atoms with Crippen LogP contribution in [0.2, 0.25) is 0 Å². The molecule has 0 aromatic carbocycles. The standard InChI is InChI=1S/C18H18N4O2S2/c1-4-8-19-15-12(9-13-17(24)21(5-2)18(25)26-13)16(23)22-10-11(3)6-7-14(22)20-15/h4,6-7,9-10,19H,1,5,8H2,2-3H3. The molecule has 134 valence electrons. The number of anilines is 1. The Hall–Kier alpha value is -2.45. The second-order valence-electron chi connectivity index (χ2n) is 5.71. The van der Waals surface area contributed by atoms with Crippen LogP contribution in [-0.2, 0) is 4.79 Å². The fourth-order valence-corrected chi connectivity index (χ4v) is 3.96. The van der Waals surface area contributed by atoms with E-state index < -0.39 is 0 Å². The fraction of sp³-hybridized carbons (Fsp3) is 0.222. The van der Waals surface area contributed by atoms with Crippen molar-refractivity contribution in [3.05, 3.63) is 57.4 Å². The monoisotopic (exact) mass is 386 g/mol. The summed E-state index contributed by atoms with van der Waals surface area (Å²) in [4.78, 5) is 32.0. The van der Waals surface area contributed by atoms with Gasteiger partial charge in [0.05, 0.1) is 10.5 Å². The van der Waals surface area contributed by atoms with Crippen molar-refractivity contribution in [1.29, 1.82) is 0 Å². The Morgan fingerprint density at radius 3 is 2.81 bits per heavy atom. The lowest BCUT2D eigenvalue weighted by atomic mass is 10.2. The molecule has 0 atom stereocenters. The Labute approximate surface area is 160 Å². The van der Waals surface area contributed by atoms with Gasteiger partial charge in [0, 0.05) is 19.3 Å². The highest BCUT2D eigenvalue weighted by Crippen LogP contribution is 2.32. The van der Waals surface area contributed by atoms with Gasteiger partial charge in [0.1, 0.15) is 15.8 Å². The number of nitrogens with one attached hydrogen (secondary N) is 1. The van der Waals surface area contributed by atoms with Gasteiger partial charge in [-0.1, -0.05) is 36.1 Å². The Morgan fingerprint density at radius 1 is 1.38 bits per heavy atom. The number of aromatic nitrogens is 2. The summed E-state index contributed by atoms with van der Waals surface area (Å²) in [5.74, 6) is 0.228. The number of pyridine rings is 1. The molecule has 0 radical (unpaired) electrons. The summed E-state index contributed by atoms with van der Waals surface area (Å²) in [6.07, 6.45) is 4.99. The zero-order chi connectivity index (χ0) is 18.8. The molecule has 1 fully saturated rings. The molecule has 2 aromatic heterocycles. The topological polar surface area (TPSA) is 66.7 Å². The Kier molecular flexibility index (Phi) is 5.24. The lowest BCUT2D eigenvalue weighted by Gasteiger charge is -2.11. The molecule has 1 aliphatic heterocycles. The van der Waals surface area contributed by atoms with Crippen molar-refractivity contribution in [2.24, 2.45) is 0 Å². The van der Waals surface area contributed by atoms with Gasteiger partial charge in [-0.3, -0.25) is 18.9 Å². The van der Waals surface area contributed by atoms with Crippen LogP contribution in [0.15, 0.2) is 40.7 Å². The SMILES string of the molecule is C=CCNc1nc2ccc(C)cn2c(=O)c1C=C1SC(=S)N(CC)C1=O. The number of aryl methyl sites for hydroxylation is 1. The molecule has 3 rings (SSSR count). The molecule has 1 amide bonds. The molecule has 0 unspecified atom stereocenters. The predicted octanol–water partition coefficient (Wildman–Crippen LogP) is 2.82. The first-order valence-electron chi connectivity index (χ1n) is 8.09. The van der Waals surface area contributed by atoms with Crippen molar-refractivity contribution in [2.75, 3.05) is 18.4 Å². The van der Waals surface area contributed by atoms with Crippen molar-refractivity contribution < 1.29 is 4.79 Å². The van der Waals surface area contributed by atoms with Crippen molar-refractivity contribution in [2.45, 2.75) is 13.8 Å². The van der Waals surface area contributed by atoms with E-state index in [4.69, 9.17) is 12.2 Å². The van der Waals surface area contributed by atoms with Crippen LogP contribution in [0.4, 0.5) is 5.82 Å². The van der Waals surface area contributed by atoms with Crippen LogP contribution < -0.4 is 10.9 Å². The molecule has 1 N–H and O–H groups in total. The number of hydrogen-bond acceptors (Lipinski definition) is 6. The summed E-state index contributed by atoms with van der Waals surface area (Å²) in [5, 5.41) is 3.08. The second kappa shape index (κ2) is 7.43. The van der Waals surface area contributed by atoms with Crippen LogP contribution in [0.1, 0.15) is 18.1 Å². The predicted molar refractivity (Wildman–Crippen MR) is 110 cm³/mol. The summed E-state index contributed by atoms with van der Waals surface area (Å²) in [7, 11) is 0. The molecule has 1 aliphatic rings. The lowest BCUT2D eigenvalue weighted by molar-refractivity contribution is -0.121. The third-order valence-corrected chi connectivity index (χ3v) is 5.26.